The van der Waals surface area contributed by atoms with Crippen LogP contribution in [0.15, 0.2) is 65.8 Å². The van der Waals surface area contributed by atoms with Gasteiger partial charge in [-0.05, 0) is 42.5 Å². The van der Waals surface area contributed by atoms with E-state index in [0.29, 0.717) is 5.56 Å². The zero-order valence-electron chi connectivity index (χ0n) is 17.3. The largest absolute Gasteiger partial charge is 0.573 e. The fourth-order valence-electron chi connectivity index (χ4n) is 3.41. The van der Waals surface area contributed by atoms with Crippen molar-refractivity contribution in [2.24, 2.45) is 0 Å². The first-order valence-electron chi connectivity index (χ1n) is 9.62. The first-order chi connectivity index (χ1) is 16.4. The summed E-state index contributed by atoms with van der Waals surface area (Å²) < 4.78 is 69.3. The highest BCUT2D eigenvalue weighted by Gasteiger charge is 2.40. The first-order valence-corrected chi connectivity index (χ1v) is 11.5. The Morgan fingerprint density at radius 1 is 1.03 bits per heavy atom. The molecule has 2 amide bonds. The van der Waals surface area contributed by atoms with E-state index < -0.39 is 38.8 Å². The first kappa shape index (κ1) is 24.3. The molecule has 2 N–H and O–H groups in total. The van der Waals surface area contributed by atoms with Gasteiger partial charge in [-0.3, -0.25) is 24.4 Å². The Morgan fingerprint density at radius 3 is 2.31 bits per heavy atom. The second-order valence-corrected chi connectivity index (χ2v) is 9.35. The fraction of sp³-hybridized carbons (Fsp3) is 0.0952. The average molecular weight is 529 g/mol. The number of nitrogens with zero attached hydrogens (tertiary/aromatic N) is 2. The third-order valence-electron chi connectivity index (χ3n) is 4.87. The lowest BCUT2D eigenvalue weighted by Crippen LogP contribution is -2.33. The van der Waals surface area contributed by atoms with Crippen molar-refractivity contribution < 1.29 is 45.9 Å². The number of pyridine rings is 1. The molecule has 0 unspecified atom stereocenters. The van der Waals surface area contributed by atoms with Gasteiger partial charge in [0.25, 0.3) is 21.8 Å². The molecule has 1 aliphatic rings. The van der Waals surface area contributed by atoms with Gasteiger partial charge in [-0.25, -0.2) is 8.42 Å². The van der Waals surface area contributed by atoms with Crippen molar-refractivity contribution in [3.05, 3.63) is 82.6 Å². The third-order valence-corrected chi connectivity index (χ3v) is 6.57. The van der Waals surface area contributed by atoms with Gasteiger partial charge >= 0.3 is 6.36 Å². The number of hydrogen-bond acceptors (Lipinski definition) is 6. The van der Waals surface area contributed by atoms with E-state index in [9.17, 15) is 36.4 Å². The normalized spacial score (nSPS) is 13.7. The molecule has 14 heteroatoms. The van der Waals surface area contributed by atoms with Gasteiger partial charge in [0.15, 0.2) is 0 Å². The Hall–Kier alpha value is -3.84. The van der Waals surface area contributed by atoms with Crippen LogP contribution in [-0.4, -0.2) is 36.7 Å². The van der Waals surface area contributed by atoms with E-state index in [1.165, 1.54) is 30.6 Å². The van der Waals surface area contributed by atoms with Crippen molar-refractivity contribution in [2.45, 2.75) is 17.8 Å². The van der Waals surface area contributed by atoms with E-state index in [4.69, 9.17) is 11.6 Å². The van der Waals surface area contributed by atoms with Crippen molar-refractivity contribution in [3.8, 4) is 5.75 Å². The zero-order chi connectivity index (χ0) is 25.5. The van der Waals surface area contributed by atoms with Crippen LogP contribution in [0.25, 0.3) is 0 Å². The molecule has 0 saturated carbocycles. The Morgan fingerprint density at radius 2 is 1.69 bits per heavy atom. The summed E-state index contributed by atoms with van der Waals surface area (Å²) >= 11 is 6.13. The topological polar surface area (TPSA) is 117 Å². The molecule has 0 saturated heterocycles. The number of amides is 2. The molecule has 0 radical (unpaired) electrons. The molecule has 182 valence electrons. The maximum absolute atomic E-state index is 13.1. The molecule has 1 aliphatic heterocycles. The highest BCUT2D eigenvalue weighted by Crippen LogP contribution is 2.36. The molecule has 0 spiro atoms. The van der Waals surface area contributed by atoms with Gasteiger partial charge in [0.2, 0.25) is 12.4 Å². The Labute approximate surface area is 200 Å². The number of alkyl halides is 3. The smallest absolute Gasteiger partial charge is 0.406 e. The van der Waals surface area contributed by atoms with E-state index in [2.05, 4.69) is 9.46 Å². The van der Waals surface area contributed by atoms with Crippen molar-refractivity contribution in [1.29, 1.82) is 0 Å². The molecule has 4 rings (SSSR count). The van der Waals surface area contributed by atoms with Crippen molar-refractivity contribution in [2.75, 3.05) is 4.72 Å². The molecule has 2 aromatic carbocycles. The summed E-state index contributed by atoms with van der Waals surface area (Å²) in [6.45, 7) is -0.225. The number of anilines is 1. The number of benzene rings is 2. The molecule has 3 aromatic rings. The quantitative estimate of drug-likeness (QED) is 0.288. The van der Waals surface area contributed by atoms with E-state index in [1.54, 1.807) is 6.07 Å². The highest BCUT2D eigenvalue weighted by molar-refractivity contribution is 7.92. The van der Waals surface area contributed by atoms with Gasteiger partial charge in [0.05, 0.1) is 33.3 Å². The van der Waals surface area contributed by atoms with Crippen molar-refractivity contribution in [1.82, 2.24) is 4.90 Å². The number of aromatic nitrogens is 1. The van der Waals surface area contributed by atoms with Gasteiger partial charge in [-0.15, -0.1) is 13.2 Å². The van der Waals surface area contributed by atoms with E-state index >= 15 is 0 Å². The lowest BCUT2D eigenvalue weighted by molar-refractivity contribution is -0.905. The number of hydrogen-bond donors (Lipinski definition) is 2. The highest BCUT2D eigenvalue weighted by atomic mass is 35.5. The molecule has 2 heterocycles. The molecule has 0 bridgehead atoms. The monoisotopic (exact) mass is 528 g/mol. The number of rotatable bonds is 6. The number of carbonyl (C=O) groups is 2. The summed E-state index contributed by atoms with van der Waals surface area (Å²) in [5, 5.41) is 9.48. The summed E-state index contributed by atoms with van der Waals surface area (Å²) in [6.07, 6.45) is -2.34. The van der Waals surface area contributed by atoms with Crippen LogP contribution in [0.2, 0.25) is 5.02 Å². The van der Waals surface area contributed by atoms with E-state index in [1.807, 2.05) is 0 Å². The number of nitrogens with one attached hydrogen (secondary N) is 1. The Kier molecular flexibility index (Phi) is 6.07. The summed E-state index contributed by atoms with van der Waals surface area (Å²) in [4.78, 5) is 26.4. The van der Waals surface area contributed by atoms with Crippen LogP contribution in [0.5, 0.6) is 5.75 Å². The van der Waals surface area contributed by atoms with Crippen molar-refractivity contribution >= 4 is 39.1 Å². The minimum absolute atomic E-state index is 0.0808. The lowest BCUT2D eigenvalue weighted by atomic mass is 10.1. The van der Waals surface area contributed by atoms with E-state index in [0.717, 1.165) is 33.9 Å². The number of sulfonamides is 1. The molecule has 1 aromatic heterocycles. The summed E-state index contributed by atoms with van der Waals surface area (Å²) in [6, 6.07) is 8.89. The molecule has 0 aliphatic carbocycles. The second kappa shape index (κ2) is 8.74. The molecule has 35 heavy (non-hydrogen) atoms. The van der Waals surface area contributed by atoms with Crippen molar-refractivity contribution in [3.63, 3.8) is 0 Å². The van der Waals surface area contributed by atoms with Crippen LogP contribution >= 0.6 is 11.6 Å². The maximum atomic E-state index is 13.1. The van der Waals surface area contributed by atoms with Gasteiger partial charge in [0.1, 0.15) is 5.75 Å². The second-order valence-electron chi connectivity index (χ2n) is 7.26. The number of ether oxygens (including phenoxy) is 1. The summed E-state index contributed by atoms with van der Waals surface area (Å²) in [7, 11) is -4.38. The van der Waals surface area contributed by atoms with Crippen LogP contribution in [0.1, 0.15) is 26.3 Å². The zero-order valence-corrected chi connectivity index (χ0v) is 18.9. The fourth-order valence-corrected chi connectivity index (χ4v) is 4.72. The predicted octanol–water partition coefficient (Wildman–Crippen LogP) is 3.36. The van der Waals surface area contributed by atoms with Gasteiger partial charge < -0.3 is 4.74 Å². The maximum Gasteiger partial charge on any atom is 0.573 e. The van der Waals surface area contributed by atoms with Gasteiger partial charge in [-0.1, -0.05) is 11.6 Å². The minimum Gasteiger partial charge on any atom is -0.406 e. The van der Waals surface area contributed by atoms with Gasteiger partial charge in [-0.2, -0.15) is 0 Å². The Balaban J connectivity index is 1.64. The molecule has 0 atom stereocenters. The van der Waals surface area contributed by atoms with Crippen LogP contribution in [0, 0.1) is 0 Å². The molecular formula is C21H14ClF3N3O6S+. The Bertz CT molecular complexity index is 1450. The SMILES string of the molecule is O=C1c2c(Cl)ccc(NS(=O)(=O)c3ccc(OC(F)(F)F)cc3)c2C(=O)N1Cc1ccc[n+](O)c1. The molecule has 0 fully saturated rings. The molecular weight excluding hydrogens is 515 g/mol. The summed E-state index contributed by atoms with van der Waals surface area (Å²) in [5.41, 5.74) is -0.329. The average Bonchev–Trinajstić information content (AvgIpc) is 3.01. The molecule has 9 nitrogen and oxygen atoms in total. The number of fused-ring (bicyclic) bond motifs is 1. The predicted molar refractivity (Wildman–Crippen MR) is 113 cm³/mol. The van der Waals surface area contributed by atoms with Crippen LogP contribution in [0.4, 0.5) is 18.9 Å². The number of carbonyl (C=O) groups excluding carboxylic acids is 2. The van der Waals surface area contributed by atoms with Crippen LogP contribution < -0.4 is 14.2 Å². The van der Waals surface area contributed by atoms with E-state index in [-0.39, 0.29) is 28.4 Å². The lowest BCUT2D eigenvalue weighted by Gasteiger charge is -2.14. The number of halogens is 4. The summed E-state index contributed by atoms with van der Waals surface area (Å²) in [5.74, 6) is -2.21. The number of imide groups is 1. The standard InChI is InChI=1S/C21H13ClF3N3O6S/c22-15-7-8-16(26-35(32,33)14-5-3-13(4-6-14)34-21(23,24)25)18-17(15)19(29)28(20(18)30)11-12-2-1-9-27(31)10-12/h1-10H,11H2,(H-,26,30,31)/p+1. The minimum atomic E-state index is -4.95. The third kappa shape index (κ3) is 5.00. The van der Waals surface area contributed by atoms with Crippen LogP contribution in [0.3, 0.4) is 0 Å². The van der Waals surface area contributed by atoms with Crippen LogP contribution in [-0.2, 0) is 16.6 Å². The van der Waals surface area contributed by atoms with Gasteiger partial charge in [0, 0.05) is 16.4 Å².